The van der Waals surface area contributed by atoms with Gasteiger partial charge in [0.25, 0.3) is 0 Å². The van der Waals surface area contributed by atoms with Crippen molar-refractivity contribution in [1.29, 1.82) is 0 Å². The standard InChI is InChI=1S/C76H136O6/c1-4-7-10-13-16-19-22-24-26-28-30-31-32-33-34-35-36-37-38-39-40-41-42-43-44-46-47-49-51-54-57-60-63-66-69-75(78)81-72-73(71-80-74(77)68-65-62-59-56-53-21-18-15-12-9-6-3)82-76(79)70-67-64-61-58-55-52-50-48-45-29-27-25-23-20-17-14-11-8-5-2/h8,11,17,20,25,27,45,48,52,55,61,64,73H,4-7,9-10,12-16,18-19,21-24,26,28-44,46-47,49-51,53-54,56-60,62-63,65-72H2,1-3H3/b11-8-,20-17-,27-25-,48-45-,55-52-,64-61-. The van der Waals surface area contributed by atoms with E-state index in [0.717, 1.165) is 77.0 Å². The number of esters is 3. The Kier molecular flexibility index (Phi) is 67.6. The summed E-state index contributed by atoms with van der Waals surface area (Å²) in [6.07, 6.45) is 92.7. The van der Waals surface area contributed by atoms with Crippen molar-refractivity contribution in [2.24, 2.45) is 0 Å². The van der Waals surface area contributed by atoms with Crippen molar-refractivity contribution < 1.29 is 28.6 Å². The van der Waals surface area contributed by atoms with Gasteiger partial charge in [0, 0.05) is 19.3 Å². The molecule has 0 radical (unpaired) electrons. The van der Waals surface area contributed by atoms with E-state index in [1.165, 1.54) is 250 Å². The van der Waals surface area contributed by atoms with E-state index < -0.39 is 6.10 Å². The van der Waals surface area contributed by atoms with Crippen molar-refractivity contribution >= 4 is 17.9 Å². The Labute approximate surface area is 510 Å². The van der Waals surface area contributed by atoms with Crippen LogP contribution < -0.4 is 0 Å². The minimum Gasteiger partial charge on any atom is -0.462 e. The zero-order valence-corrected chi connectivity index (χ0v) is 54.8. The van der Waals surface area contributed by atoms with Crippen LogP contribution in [0.5, 0.6) is 0 Å². The number of hydrogen-bond acceptors (Lipinski definition) is 6. The minimum absolute atomic E-state index is 0.101. The highest BCUT2D eigenvalue weighted by Gasteiger charge is 2.19. The van der Waals surface area contributed by atoms with E-state index in [2.05, 4.69) is 87.6 Å². The lowest BCUT2D eigenvalue weighted by Gasteiger charge is -2.18. The fourth-order valence-corrected chi connectivity index (χ4v) is 10.7. The third-order valence-corrected chi connectivity index (χ3v) is 16.0. The molecular weight excluding hydrogens is 1010 g/mol. The molecule has 0 heterocycles. The molecule has 0 aromatic rings. The molecule has 0 amide bonds. The van der Waals surface area contributed by atoms with Crippen LogP contribution in [0.3, 0.4) is 0 Å². The molecule has 1 atom stereocenters. The Morgan fingerprint density at radius 1 is 0.256 bits per heavy atom. The predicted molar refractivity (Wildman–Crippen MR) is 358 cm³/mol. The van der Waals surface area contributed by atoms with Crippen molar-refractivity contribution in [3.05, 3.63) is 72.9 Å². The minimum atomic E-state index is -0.814. The summed E-state index contributed by atoms with van der Waals surface area (Å²) >= 11 is 0. The van der Waals surface area contributed by atoms with Crippen LogP contribution in [-0.2, 0) is 28.6 Å². The van der Waals surface area contributed by atoms with Gasteiger partial charge < -0.3 is 14.2 Å². The third-order valence-electron chi connectivity index (χ3n) is 16.0. The number of carbonyl (C=O) groups excluding carboxylic acids is 3. The van der Waals surface area contributed by atoms with Crippen molar-refractivity contribution in [1.82, 2.24) is 0 Å². The maximum Gasteiger partial charge on any atom is 0.306 e. The maximum absolute atomic E-state index is 12.9. The number of ether oxygens (including phenoxy) is 3. The number of hydrogen-bond donors (Lipinski definition) is 0. The lowest BCUT2D eigenvalue weighted by atomic mass is 10.0. The molecule has 0 spiro atoms. The highest BCUT2D eigenvalue weighted by Crippen LogP contribution is 2.19. The van der Waals surface area contributed by atoms with Gasteiger partial charge in [-0.1, -0.05) is 370 Å². The fraction of sp³-hybridized carbons (Fsp3) is 0.803. The van der Waals surface area contributed by atoms with Crippen molar-refractivity contribution in [3.8, 4) is 0 Å². The molecule has 0 bridgehead atoms. The van der Waals surface area contributed by atoms with Crippen molar-refractivity contribution in [2.45, 2.75) is 380 Å². The van der Waals surface area contributed by atoms with Gasteiger partial charge >= 0.3 is 17.9 Å². The second-order valence-corrected chi connectivity index (χ2v) is 24.1. The number of allylic oxidation sites excluding steroid dienone is 12. The molecular formula is C76H136O6. The summed E-state index contributed by atoms with van der Waals surface area (Å²) in [6.45, 7) is 6.51. The Morgan fingerprint density at radius 3 is 0.720 bits per heavy atom. The first-order valence-corrected chi connectivity index (χ1v) is 35.9. The molecule has 6 nitrogen and oxygen atoms in total. The molecule has 0 N–H and O–H groups in total. The highest BCUT2D eigenvalue weighted by atomic mass is 16.6. The number of carbonyl (C=O) groups is 3. The molecule has 0 saturated heterocycles. The van der Waals surface area contributed by atoms with E-state index in [9.17, 15) is 14.4 Å². The van der Waals surface area contributed by atoms with Crippen molar-refractivity contribution in [2.75, 3.05) is 13.2 Å². The molecule has 1 unspecified atom stereocenters. The van der Waals surface area contributed by atoms with E-state index in [1.54, 1.807) is 0 Å². The smallest absolute Gasteiger partial charge is 0.306 e. The molecule has 0 aliphatic rings. The molecule has 0 aromatic carbocycles. The van der Waals surface area contributed by atoms with E-state index in [1.807, 2.05) is 6.08 Å². The monoisotopic (exact) mass is 1150 g/mol. The predicted octanol–water partition coefficient (Wildman–Crippen LogP) is 24.8. The summed E-state index contributed by atoms with van der Waals surface area (Å²) in [7, 11) is 0. The van der Waals surface area contributed by atoms with Crippen LogP contribution >= 0.6 is 0 Å². The summed E-state index contributed by atoms with van der Waals surface area (Å²) in [5.41, 5.74) is 0. The van der Waals surface area contributed by atoms with Crippen LogP contribution in [0.15, 0.2) is 72.9 Å². The van der Waals surface area contributed by atoms with Gasteiger partial charge in [-0.15, -0.1) is 0 Å². The summed E-state index contributed by atoms with van der Waals surface area (Å²) in [4.78, 5) is 38.3. The molecule has 476 valence electrons. The van der Waals surface area contributed by atoms with E-state index in [4.69, 9.17) is 14.2 Å². The summed E-state index contributed by atoms with van der Waals surface area (Å²) in [5.74, 6) is -0.969. The van der Waals surface area contributed by atoms with Crippen LogP contribution in [0, 0.1) is 0 Å². The van der Waals surface area contributed by atoms with Gasteiger partial charge in [-0.2, -0.15) is 0 Å². The fourth-order valence-electron chi connectivity index (χ4n) is 10.7. The van der Waals surface area contributed by atoms with Crippen molar-refractivity contribution in [3.63, 3.8) is 0 Å². The van der Waals surface area contributed by atoms with Crippen LogP contribution in [0.1, 0.15) is 374 Å². The van der Waals surface area contributed by atoms with Crippen LogP contribution in [0.2, 0.25) is 0 Å². The first-order valence-electron chi connectivity index (χ1n) is 35.9. The highest BCUT2D eigenvalue weighted by molar-refractivity contribution is 5.71. The molecule has 0 fully saturated rings. The topological polar surface area (TPSA) is 78.9 Å². The number of rotatable bonds is 66. The average Bonchev–Trinajstić information content (AvgIpc) is 3.47. The largest absolute Gasteiger partial charge is 0.462 e. The summed E-state index contributed by atoms with van der Waals surface area (Å²) < 4.78 is 16.9. The van der Waals surface area contributed by atoms with E-state index in [-0.39, 0.29) is 37.5 Å². The lowest BCUT2D eigenvalue weighted by Crippen LogP contribution is -2.30. The first kappa shape index (κ1) is 78.8. The Morgan fingerprint density at radius 2 is 0.476 bits per heavy atom. The second-order valence-electron chi connectivity index (χ2n) is 24.1. The molecule has 0 rings (SSSR count). The zero-order valence-electron chi connectivity index (χ0n) is 54.8. The van der Waals surface area contributed by atoms with Crippen LogP contribution in [0.4, 0.5) is 0 Å². The maximum atomic E-state index is 12.9. The SMILES string of the molecule is CC/C=C\C/C=C\C/C=C\C/C=C\C/C=C\C/C=C\CCC(=O)OC(COC(=O)CCCCCCCCCCCCC)COC(=O)CCCCCCCCCCCCCCCCCCCCCCCCCCCCCCCCCCCC. The normalized spacial score (nSPS) is 12.5. The molecule has 0 saturated carbocycles. The third kappa shape index (κ3) is 67.6. The van der Waals surface area contributed by atoms with Gasteiger partial charge in [0.2, 0.25) is 0 Å². The van der Waals surface area contributed by atoms with Gasteiger partial charge in [-0.25, -0.2) is 0 Å². The van der Waals surface area contributed by atoms with Gasteiger partial charge in [-0.3, -0.25) is 14.4 Å². The Balaban J connectivity index is 4.13. The van der Waals surface area contributed by atoms with Gasteiger partial charge in [-0.05, 0) is 57.8 Å². The molecule has 82 heavy (non-hydrogen) atoms. The Hall–Kier alpha value is -3.15. The second kappa shape index (κ2) is 70.3. The molecule has 0 aliphatic heterocycles. The summed E-state index contributed by atoms with van der Waals surface area (Å²) in [5, 5.41) is 0. The first-order chi connectivity index (χ1) is 40.5. The quantitative estimate of drug-likeness (QED) is 0.0261. The van der Waals surface area contributed by atoms with Gasteiger partial charge in [0.1, 0.15) is 13.2 Å². The van der Waals surface area contributed by atoms with Gasteiger partial charge in [0.05, 0.1) is 0 Å². The average molecular weight is 1150 g/mol. The zero-order chi connectivity index (χ0) is 59.2. The lowest BCUT2D eigenvalue weighted by molar-refractivity contribution is -0.166. The Bertz CT molecular complexity index is 1500. The van der Waals surface area contributed by atoms with Crippen LogP contribution in [0.25, 0.3) is 0 Å². The van der Waals surface area contributed by atoms with Crippen LogP contribution in [-0.4, -0.2) is 37.2 Å². The van der Waals surface area contributed by atoms with E-state index >= 15 is 0 Å². The van der Waals surface area contributed by atoms with E-state index in [0.29, 0.717) is 19.3 Å². The molecule has 6 heteroatoms. The molecule has 0 aliphatic carbocycles. The number of unbranched alkanes of at least 4 members (excludes halogenated alkanes) is 43. The summed E-state index contributed by atoms with van der Waals surface area (Å²) in [6, 6.07) is 0. The molecule has 0 aromatic heterocycles. The van der Waals surface area contributed by atoms with Gasteiger partial charge in [0.15, 0.2) is 6.10 Å².